The van der Waals surface area contributed by atoms with Crippen molar-refractivity contribution in [3.05, 3.63) is 11.6 Å². The molecule has 2 atom stereocenters. The summed E-state index contributed by atoms with van der Waals surface area (Å²) in [5.74, 6) is -0.00915. The van der Waals surface area contributed by atoms with Crippen molar-refractivity contribution >= 4 is 5.78 Å². The number of ketones is 1. The van der Waals surface area contributed by atoms with E-state index >= 15 is 0 Å². The number of hydrogen-bond acceptors (Lipinski definition) is 3. The summed E-state index contributed by atoms with van der Waals surface area (Å²) in [5.41, 5.74) is -0.691. The van der Waals surface area contributed by atoms with E-state index in [9.17, 15) is 15.0 Å². The number of allylic oxidation sites excluding steroid dienone is 1. The highest BCUT2D eigenvalue weighted by atomic mass is 16.3. The summed E-state index contributed by atoms with van der Waals surface area (Å²) in [7, 11) is 0. The molecule has 0 aromatic rings. The first-order valence-electron chi connectivity index (χ1n) is 5.81. The van der Waals surface area contributed by atoms with Crippen LogP contribution in [0.5, 0.6) is 0 Å². The number of carbonyl (C=O) groups excluding carboxylic acids is 1. The maximum atomic E-state index is 11.4. The Morgan fingerprint density at radius 3 is 2.50 bits per heavy atom. The second-order valence-corrected chi connectivity index (χ2v) is 5.60. The predicted octanol–water partition coefficient (Wildman–Crippen LogP) is 1.82. The molecule has 0 aliphatic heterocycles. The first-order chi connectivity index (χ1) is 7.19. The fourth-order valence-electron chi connectivity index (χ4n) is 2.35. The van der Waals surface area contributed by atoms with Crippen LogP contribution in [0.4, 0.5) is 0 Å². The monoisotopic (exact) mass is 226 g/mol. The average Bonchev–Trinajstić information content (AvgIpc) is 2.39. The Morgan fingerprint density at radius 2 is 2.12 bits per heavy atom. The van der Waals surface area contributed by atoms with Crippen LogP contribution in [-0.4, -0.2) is 27.7 Å². The minimum absolute atomic E-state index is 0.00915. The van der Waals surface area contributed by atoms with Gasteiger partial charge in [0.15, 0.2) is 5.78 Å². The molecule has 3 nitrogen and oxygen atoms in total. The molecule has 0 heterocycles. The van der Waals surface area contributed by atoms with E-state index in [4.69, 9.17) is 0 Å². The van der Waals surface area contributed by atoms with Crippen LogP contribution >= 0.6 is 0 Å². The second-order valence-electron chi connectivity index (χ2n) is 5.60. The Labute approximate surface area is 97.2 Å². The van der Waals surface area contributed by atoms with Crippen molar-refractivity contribution in [3.63, 3.8) is 0 Å². The number of rotatable bonds is 4. The van der Waals surface area contributed by atoms with E-state index in [1.807, 2.05) is 13.8 Å². The number of hydrogen-bond donors (Lipinski definition) is 2. The Balaban J connectivity index is 2.82. The molecule has 0 saturated carbocycles. The van der Waals surface area contributed by atoms with Crippen LogP contribution in [-0.2, 0) is 4.79 Å². The molecule has 3 heteroatoms. The fraction of sp³-hybridized carbons (Fsp3) is 0.769. The van der Waals surface area contributed by atoms with Crippen LogP contribution in [0.3, 0.4) is 0 Å². The van der Waals surface area contributed by atoms with Crippen molar-refractivity contribution in [1.82, 2.24) is 0 Å². The maximum Gasteiger partial charge on any atom is 0.158 e. The van der Waals surface area contributed by atoms with Gasteiger partial charge in [-0.05, 0) is 43.8 Å². The quantitative estimate of drug-likeness (QED) is 0.768. The van der Waals surface area contributed by atoms with E-state index in [0.717, 1.165) is 5.57 Å². The van der Waals surface area contributed by atoms with Crippen LogP contribution < -0.4 is 0 Å². The van der Waals surface area contributed by atoms with Gasteiger partial charge in [-0.2, -0.15) is 0 Å². The molecule has 92 valence electrons. The molecule has 1 rings (SSSR count). The minimum atomic E-state index is -1.04. The zero-order valence-corrected chi connectivity index (χ0v) is 10.6. The lowest BCUT2D eigenvalue weighted by Crippen LogP contribution is -2.44. The third-order valence-electron chi connectivity index (χ3n) is 3.77. The smallest absolute Gasteiger partial charge is 0.158 e. The summed E-state index contributed by atoms with van der Waals surface area (Å²) in [4.78, 5) is 11.4. The van der Waals surface area contributed by atoms with Crippen molar-refractivity contribution < 1.29 is 15.0 Å². The Morgan fingerprint density at radius 1 is 1.56 bits per heavy atom. The Bertz CT molecular complexity index is 315. The second kappa shape index (κ2) is 4.30. The zero-order valence-electron chi connectivity index (χ0n) is 10.6. The van der Waals surface area contributed by atoms with Crippen molar-refractivity contribution in [2.24, 2.45) is 5.41 Å². The van der Waals surface area contributed by atoms with Gasteiger partial charge in [0.05, 0.1) is 11.7 Å². The molecule has 0 amide bonds. The van der Waals surface area contributed by atoms with Crippen LogP contribution in [0, 0.1) is 5.41 Å². The Hall–Kier alpha value is -0.670. The highest BCUT2D eigenvalue weighted by Gasteiger charge is 2.48. The van der Waals surface area contributed by atoms with E-state index in [-0.39, 0.29) is 18.3 Å². The van der Waals surface area contributed by atoms with E-state index in [2.05, 4.69) is 0 Å². The predicted molar refractivity (Wildman–Crippen MR) is 63.0 cm³/mol. The summed E-state index contributed by atoms with van der Waals surface area (Å²) >= 11 is 0. The molecule has 0 fully saturated rings. The molecule has 2 N–H and O–H groups in total. The topological polar surface area (TPSA) is 57.5 Å². The summed E-state index contributed by atoms with van der Waals surface area (Å²) in [6.45, 7) is 7.44. The minimum Gasteiger partial charge on any atom is -0.393 e. The average molecular weight is 226 g/mol. The molecule has 1 aliphatic carbocycles. The standard InChI is InChI=1S/C13H22O3/c1-9-7-11(15)8-13(9,16)12(3,4)6-5-10(2)14/h7,10,14,16H,5-6,8H2,1-4H3. The van der Waals surface area contributed by atoms with Crippen molar-refractivity contribution in [2.75, 3.05) is 0 Å². The van der Waals surface area contributed by atoms with Gasteiger partial charge in [0.25, 0.3) is 0 Å². The SMILES string of the molecule is CC1=CC(=O)CC1(O)C(C)(C)CCC(C)O. The molecule has 0 radical (unpaired) electrons. The summed E-state index contributed by atoms with van der Waals surface area (Å²) in [6.07, 6.45) is 2.66. The van der Waals surface area contributed by atoms with Crippen LogP contribution in [0.15, 0.2) is 11.6 Å². The van der Waals surface area contributed by atoms with Gasteiger partial charge in [-0.25, -0.2) is 0 Å². The van der Waals surface area contributed by atoms with Crippen LogP contribution in [0.2, 0.25) is 0 Å². The highest BCUT2D eigenvalue weighted by molar-refractivity contribution is 5.95. The number of aliphatic hydroxyl groups is 2. The van der Waals surface area contributed by atoms with E-state index in [1.165, 1.54) is 6.08 Å². The number of aliphatic hydroxyl groups excluding tert-OH is 1. The third-order valence-corrected chi connectivity index (χ3v) is 3.77. The lowest BCUT2D eigenvalue weighted by atomic mass is 9.68. The molecular formula is C13H22O3. The van der Waals surface area contributed by atoms with Gasteiger partial charge >= 0.3 is 0 Å². The normalized spacial score (nSPS) is 28.1. The third kappa shape index (κ3) is 2.36. The fourth-order valence-corrected chi connectivity index (χ4v) is 2.35. The van der Waals surface area contributed by atoms with Crippen molar-refractivity contribution in [3.8, 4) is 0 Å². The molecule has 0 saturated heterocycles. The molecular weight excluding hydrogens is 204 g/mol. The van der Waals surface area contributed by atoms with Crippen molar-refractivity contribution in [2.45, 2.75) is 58.7 Å². The Kier molecular flexibility index (Phi) is 3.60. The van der Waals surface area contributed by atoms with Gasteiger partial charge < -0.3 is 10.2 Å². The van der Waals surface area contributed by atoms with E-state index in [0.29, 0.717) is 12.8 Å². The first-order valence-corrected chi connectivity index (χ1v) is 5.81. The van der Waals surface area contributed by atoms with Gasteiger partial charge in [0, 0.05) is 6.42 Å². The van der Waals surface area contributed by atoms with Crippen LogP contribution in [0.1, 0.15) is 47.0 Å². The first kappa shape index (κ1) is 13.4. The molecule has 0 aromatic carbocycles. The molecule has 0 spiro atoms. The van der Waals surface area contributed by atoms with Crippen LogP contribution in [0.25, 0.3) is 0 Å². The lowest BCUT2D eigenvalue weighted by Gasteiger charge is -2.41. The summed E-state index contributed by atoms with van der Waals surface area (Å²) in [6, 6.07) is 0. The molecule has 1 aliphatic rings. The molecule has 2 unspecified atom stereocenters. The molecule has 16 heavy (non-hydrogen) atoms. The van der Waals surface area contributed by atoms with Gasteiger partial charge in [-0.15, -0.1) is 0 Å². The highest BCUT2D eigenvalue weighted by Crippen LogP contribution is 2.45. The van der Waals surface area contributed by atoms with E-state index < -0.39 is 11.0 Å². The van der Waals surface area contributed by atoms with Gasteiger partial charge in [-0.3, -0.25) is 4.79 Å². The number of carbonyl (C=O) groups is 1. The van der Waals surface area contributed by atoms with E-state index in [1.54, 1.807) is 13.8 Å². The van der Waals surface area contributed by atoms with Crippen molar-refractivity contribution in [1.29, 1.82) is 0 Å². The lowest BCUT2D eigenvalue weighted by molar-refractivity contribution is -0.120. The van der Waals surface area contributed by atoms with Gasteiger partial charge in [0.2, 0.25) is 0 Å². The maximum absolute atomic E-state index is 11.4. The summed E-state index contributed by atoms with van der Waals surface area (Å²) in [5, 5.41) is 19.9. The van der Waals surface area contributed by atoms with Gasteiger partial charge in [-0.1, -0.05) is 13.8 Å². The largest absolute Gasteiger partial charge is 0.393 e. The molecule has 0 bridgehead atoms. The van der Waals surface area contributed by atoms with Gasteiger partial charge in [0.1, 0.15) is 0 Å². The zero-order chi connectivity index (χ0) is 12.6. The molecule has 0 aromatic heterocycles. The summed E-state index contributed by atoms with van der Waals surface area (Å²) < 4.78 is 0.